The Kier molecular flexibility index (Phi) is 6.84. The molecule has 0 saturated carbocycles. The summed E-state index contributed by atoms with van der Waals surface area (Å²) in [6, 6.07) is 24.6. The van der Waals surface area contributed by atoms with Gasteiger partial charge in [0.25, 0.3) is 0 Å². The van der Waals surface area contributed by atoms with Crippen LogP contribution in [0.1, 0.15) is 43.4 Å². The lowest BCUT2D eigenvalue weighted by atomic mass is 9.93. The largest absolute Gasteiger partial charge is 0.396 e. The Morgan fingerprint density at radius 3 is 1.85 bits per heavy atom. The SMILES string of the molecule is CCCc1ccc(-c2ccc(-c3ccc(CCCO)cc3CC)cc2)cc1. The molecule has 1 N–H and O–H groups in total. The third-order valence-electron chi connectivity index (χ3n) is 5.20. The van der Waals surface area contributed by atoms with E-state index in [-0.39, 0.29) is 6.61 Å². The van der Waals surface area contributed by atoms with E-state index in [4.69, 9.17) is 5.11 Å². The molecule has 0 saturated heterocycles. The number of rotatable bonds is 8. The zero-order valence-electron chi connectivity index (χ0n) is 16.5. The van der Waals surface area contributed by atoms with Crippen molar-refractivity contribution in [1.29, 1.82) is 0 Å². The van der Waals surface area contributed by atoms with Crippen molar-refractivity contribution in [2.45, 2.75) is 46.0 Å². The van der Waals surface area contributed by atoms with E-state index in [1.54, 1.807) is 0 Å². The molecule has 0 aromatic heterocycles. The van der Waals surface area contributed by atoms with Crippen LogP contribution in [-0.4, -0.2) is 11.7 Å². The van der Waals surface area contributed by atoms with Crippen LogP contribution < -0.4 is 0 Å². The molecule has 0 radical (unpaired) electrons. The number of aliphatic hydroxyl groups excluding tert-OH is 1. The number of hydrogen-bond acceptors (Lipinski definition) is 1. The van der Waals surface area contributed by atoms with Gasteiger partial charge in [0.05, 0.1) is 0 Å². The zero-order chi connectivity index (χ0) is 19.1. The van der Waals surface area contributed by atoms with Crippen LogP contribution in [0.15, 0.2) is 66.7 Å². The third kappa shape index (κ3) is 4.87. The van der Waals surface area contributed by atoms with Gasteiger partial charge in [0, 0.05) is 6.61 Å². The van der Waals surface area contributed by atoms with Crippen molar-refractivity contribution in [3.8, 4) is 22.3 Å². The Bertz CT molecular complexity index is 844. The van der Waals surface area contributed by atoms with Gasteiger partial charge >= 0.3 is 0 Å². The average molecular weight is 359 g/mol. The maximum atomic E-state index is 9.05. The molecule has 0 aliphatic carbocycles. The molecule has 1 nitrogen and oxygen atoms in total. The number of benzene rings is 3. The molecule has 0 atom stereocenters. The highest BCUT2D eigenvalue weighted by atomic mass is 16.2. The quantitative estimate of drug-likeness (QED) is 0.490. The van der Waals surface area contributed by atoms with E-state index >= 15 is 0 Å². The van der Waals surface area contributed by atoms with Gasteiger partial charge in [-0.2, -0.15) is 0 Å². The van der Waals surface area contributed by atoms with E-state index in [0.717, 1.165) is 25.7 Å². The van der Waals surface area contributed by atoms with Crippen LogP contribution in [0, 0.1) is 0 Å². The van der Waals surface area contributed by atoms with E-state index in [2.05, 4.69) is 80.6 Å². The topological polar surface area (TPSA) is 20.2 Å². The Hall–Kier alpha value is -2.38. The third-order valence-corrected chi connectivity index (χ3v) is 5.20. The average Bonchev–Trinajstić information content (AvgIpc) is 2.73. The van der Waals surface area contributed by atoms with E-state index in [0.29, 0.717) is 0 Å². The maximum absolute atomic E-state index is 9.05. The van der Waals surface area contributed by atoms with Crippen molar-refractivity contribution in [3.63, 3.8) is 0 Å². The van der Waals surface area contributed by atoms with Gasteiger partial charge in [0.1, 0.15) is 0 Å². The van der Waals surface area contributed by atoms with Gasteiger partial charge in [-0.25, -0.2) is 0 Å². The smallest absolute Gasteiger partial charge is 0.0434 e. The number of aryl methyl sites for hydroxylation is 3. The fraction of sp³-hybridized carbons (Fsp3) is 0.308. The van der Waals surface area contributed by atoms with Crippen molar-refractivity contribution in [3.05, 3.63) is 83.4 Å². The molecular weight excluding hydrogens is 328 g/mol. The molecule has 0 heterocycles. The minimum absolute atomic E-state index is 0.254. The molecule has 0 aliphatic heterocycles. The summed E-state index contributed by atoms with van der Waals surface area (Å²) >= 11 is 0. The standard InChI is InChI=1S/C26H30O/c1-3-6-20-8-11-23(12-9-20)24-13-15-25(16-14-24)26-17-10-21(7-5-18-27)19-22(26)4-2/h8-17,19,27H,3-7,18H2,1-2H3. The maximum Gasteiger partial charge on any atom is 0.0434 e. The molecule has 0 amide bonds. The first-order chi connectivity index (χ1) is 13.2. The summed E-state index contributed by atoms with van der Waals surface area (Å²) in [6.45, 7) is 4.68. The van der Waals surface area contributed by atoms with Gasteiger partial charge in [-0.1, -0.05) is 87.0 Å². The monoisotopic (exact) mass is 358 g/mol. The predicted octanol–water partition coefficient (Wildman–Crippen LogP) is 6.46. The second-order valence-electron chi connectivity index (χ2n) is 7.20. The zero-order valence-corrected chi connectivity index (χ0v) is 16.5. The van der Waals surface area contributed by atoms with Crippen LogP contribution in [0.3, 0.4) is 0 Å². The van der Waals surface area contributed by atoms with Gasteiger partial charge in [-0.3, -0.25) is 0 Å². The molecule has 3 aromatic carbocycles. The normalized spacial score (nSPS) is 10.9. The van der Waals surface area contributed by atoms with Crippen LogP contribution in [-0.2, 0) is 19.3 Å². The second-order valence-corrected chi connectivity index (χ2v) is 7.20. The van der Waals surface area contributed by atoms with E-state index < -0.39 is 0 Å². The molecule has 0 fully saturated rings. The first-order valence-corrected chi connectivity index (χ1v) is 10.2. The first-order valence-electron chi connectivity index (χ1n) is 10.2. The van der Waals surface area contributed by atoms with Gasteiger partial charge in [0.15, 0.2) is 0 Å². The summed E-state index contributed by atoms with van der Waals surface area (Å²) in [5, 5.41) is 9.05. The highest BCUT2D eigenvalue weighted by Crippen LogP contribution is 2.29. The molecule has 1 heteroatoms. The summed E-state index contributed by atoms with van der Waals surface area (Å²) in [4.78, 5) is 0. The van der Waals surface area contributed by atoms with Crippen molar-refractivity contribution in [2.24, 2.45) is 0 Å². The van der Waals surface area contributed by atoms with Gasteiger partial charge in [-0.15, -0.1) is 0 Å². The minimum atomic E-state index is 0.254. The summed E-state index contributed by atoms with van der Waals surface area (Å²) < 4.78 is 0. The molecule has 3 aromatic rings. The summed E-state index contributed by atoms with van der Waals surface area (Å²) in [7, 11) is 0. The highest BCUT2D eigenvalue weighted by molar-refractivity contribution is 5.72. The minimum Gasteiger partial charge on any atom is -0.396 e. The molecule has 0 unspecified atom stereocenters. The Morgan fingerprint density at radius 2 is 1.26 bits per heavy atom. The molecule has 0 aliphatic rings. The van der Waals surface area contributed by atoms with Crippen molar-refractivity contribution in [1.82, 2.24) is 0 Å². The molecule has 27 heavy (non-hydrogen) atoms. The van der Waals surface area contributed by atoms with Crippen LogP contribution in [0.5, 0.6) is 0 Å². The van der Waals surface area contributed by atoms with Crippen LogP contribution >= 0.6 is 0 Å². The molecular formula is C26H30O. The molecule has 0 bridgehead atoms. The van der Waals surface area contributed by atoms with Crippen molar-refractivity contribution < 1.29 is 5.11 Å². The molecule has 140 valence electrons. The van der Waals surface area contributed by atoms with Crippen molar-refractivity contribution >= 4 is 0 Å². The molecule has 0 spiro atoms. The first kappa shape index (κ1) is 19.4. The van der Waals surface area contributed by atoms with E-state index in [1.807, 2.05) is 0 Å². The van der Waals surface area contributed by atoms with Gasteiger partial charge in [0.2, 0.25) is 0 Å². The Balaban J connectivity index is 1.82. The second kappa shape index (κ2) is 9.53. The summed E-state index contributed by atoms with van der Waals surface area (Å²) in [5.41, 5.74) is 9.22. The van der Waals surface area contributed by atoms with Crippen LogP contribution in [0.2, 0.25) is 0 Å². The fourth-order valence-electron chi connectivity index (χ4n) is 3.65. The lowest BCUT2D eigenvalue weighted by Gasteiger charge is -2.12. The summed E-state index contributed by atoms with van der Waals surface area (Å²) in [6.07, 6.45) is 5.12. The fourth-order valence-corrected chi connectivity index (χ4v) is 3.65. The van der Waals surface area contributed by atoms with Crippen LogP contribution in [0.4, 0.5) is 0 Å². The Morgan fingerprint density at radius 1 is 0.667 bits per heavy atom. The van der Waals surface area contributed by atoms with E-state index in [9.17, 15) is 0 Å². The highest BCUT2D eigenvalue weighted by Gasteiger charge is 2.06. The number of hydrogen-bond donors (Lipinski definition) is 1. The van der Waals surface area contributed by atoms with Gasteiger partial charge < -0.3 is 5.11 Å². The van der Waals surface area contributed by atoms with Crippen molar-refractivity contribution in [2.75, 3.05) is 6.61 Å². The lowest BCUT2D eigenvalue weighted by Crippen LogP contribution is -1.94. The lowest BCUT2D eigenvalue weighted by molar-refractivity contribution is 0.288. The predicted molar refractivity (Wildman–Crippen MR) is 116 cm³/mol. The van der Waals surface area contributed by atoms with Crippen LogP contribution in [0.25, 0.3) is 22.3 Å². The Labute approximate surface area is 163 Å². The summed E-state index contributed by atoms with van der Waals surface area (Å²) in [5.74, 6) is 0. The van der Waals surface area contributed by atoms with Gasteiger partial charge in [-0.05, 0) is 64.6 Å². The molecule has 3 rings (SSSR count). The van der Waals surface area contributed by atoms with E-state index in [1.165, 1.54) is 45.4 Å². The number of aliphatic hydroxyl groups is 1.